The van der Waals surface area contributed by atoms with Gasteiger partial charge in [-0.15, -0.1) is 0 Å². The van der Waals surface area contributed by atoms with Gasteiger partial charge in [-0.3, -0.25) is 0 Å². The first-order chi connectivity index (χ1) is 7.63. The Hall–Kier alpha value is -0.770. The van der Waals surface area contributed by atoms with Gasteiger partial charge in [-0.05, 0) is 43.4 Å². The number of hydrogen-bond acceptors (Lipinski definition) is 3. The van der Waals surface area contributed by atoms with Crippen LogP contribution in [-0.4, -0.2) is 23.6 Å². The topological polar surface area (TPSA) is 70.6 Å². The lowest BCUT2D eigenvalue weighted by molar-refractivity contribution is 0.313. The van der Waals surface area contributed by atoms with E-state index in [4.69, 9.17) is 10.9 Å². The minimum Gasteiger partial charge on any atom is -0.409 e. The number of nitrogens with one attached hydrogen (secondary N) is 1. The van der Waals surface area contributed by atoms with E-state index in [1.165, 1.54) is 32.1 Å². The molecule has 0 aliphatic heterocycles. The third kappa shape index (κ3) is 2.88. The summed E-state index contributed by atoms with van der Waals surface area (Å²) in [6.45, 7) is 3.35. The fourth-order valence-corrected chi connectivity index (χ4v) is 2.77. The average Bonchev–Trinajstić information content (AvgIpc) is 2.90. The zero-order valence-electron chi connectivity index (χ0n) is 10.1. The number of nitrogens with zero attached hydrogens (tertiary/aromatic N) is 1. The van der Waals surface area contributed by atoms with Crippen LogP contribution in [0.5, 0.6) is 0 Å². The molecular formula is C12H23N3O. The summed E-state index contributed by atoms with van der Waals surface area (Å²) in [6, 6.07) is 0.694. The predicted molar refractivity (Wildman–Crippen MR) is 64.5 cm³/mol. The quantitative estimate of drug-likeness (QED) is 0.288. The second kappa shape index (κ2) is 4.62. The van der Waals surface area contributed by atoms with Crippen LogP contribution in [0, 0.1) is 11.3 Å². The van der Waals surface area contributed by atoms with Crippen molar-refractivity contribution in [3.05, 3.63) is 0 Å². The Morgan fingerprint density at radius 3 is 2.75 bits per heavy atom. The highest BCUT2D eigenvalue weighted by Crippen LogP contribution is 2.48. The Kier molecular flexibility index (Phi) is 3.38. The van der Waals surface area contributed by atoms with Crippen LogP contribution in [0.15, 0.2) is 5.16 Å². The molecule has 0 radical (unpaired) electrons. The van der Waals surface area contributed by atoms with Crippen LogP contribution >= 0.6 is 0 Å². The average molecular weight is 225 g/mol. The fraction of sp³-hybridized carbons (Fsp3) is 0.917. The lowest BCUT2D eigenvalue weighted by atomic mass is 10.0. The first kappa shape index (κ1) is 11.7. The zero-order valence-corrected chi connectivity index (χ0v) is 10.1. The van der Waals surface area contributed by atoms with Gasteiger partial charge in [-0.2, -0.15) is 0 Å². The molecule has 16 heavy (non-hydrogen) atoms. The Morgan fingerprint density at radius 2 is 2.25 bits per heavy atom. The number of oxime groups is 1. The van der Waals surface area contributed by atoms with Crippen LogP contribution in [0.2, 0.25) is 0 Å². The normalized spacial score (nSPS) is 32.9. The van der Waals surface area contributed by atoms with Crippen molar-refractivity contribution in [2.24, 2.45) is 22.2 Å². The van der Waals surface area contributed by atoms with E-state index in [0.29, 0.717) is 17.3 Å². The number of rotatable bonds is 5. The third-order valence-electron chi connectivity index (χ3n) is 4.10. The summed E-state index contributed by atoms with van der Waals surface area (Å²) in [7, 11) is 0. The maximum Gasteiger partial charge on any atom is 0.139 e. The fourth-order valence-electron chi connectivity index (χ4n) is 2.77. The van der Waals surface area contributed by atoms with Crippen molar-refractivity contribution in [1.29, 1.82) is 0 Å². The molecule has 0 spiro atoms. The molecule has 4 N–H and O–H groups in total. The number of nitrogens with two attached hydrogens (primary N) is 1. The Labute approximate surface area is 97.3 Å². The summed E-state index contributed by atoms with van der Waals surface area (Å²) in [6.07, 6.45) is 7.11. The van der Waals surface area contributed by atoms with Gasteiger partial charge in [0.15, 0.2) is 0 Å². The molecule has 0 amide bonds. The molecule has 2 aliphatic rings. The van der Waals surface area contributed by atoms with Crippen molar-refractivity contribution in [3.63, 3.8) is 0 Å². The standard InChI is InChI=1S/C12H23N3O/c1-9-2-3-10(6-9)14-8-12(4-5-12)7-11(13)15-16/h9-10,14,16H,2-8H2,1H3,(H2,13,15). The van der Waals surface area contributed by atoms with Gasteiger partial charge in [0.1, 0.15) is 5.84 Å². The Balaban J connectivity index is 1.73. The van der Waals surface area contributed by atoms with E-state index in [9.17, 15) is 0 Å². The van der Waals surface area contributed by atoms with Gasteiger partial charge in [0, 0.05) is 19.0 Å². The first-order valence-electron chi connectivity index (χ1n) is 6.33. The van der Waals surface area contributed by atoms with Gasteiger partial charge in [0.25, 0.3) is 0 Å². The highest BCUT2D eigenvalue weighted by Gasteiger charge is 2.43. The van der Waals surface area contributed by atoms with Crippen LogP contribution in [0.4, 0.5) is 0 Å². The Bertz CT molecular complexity index is 273. The summed E-state index contributed by atoms with van der Waals surface area (Å²) >= 11 is 0. The van der Waals surface area contributed by atoms with Gasteiger partial charge >= 0.3 is 0 Å². The van der Waals surface area contributed by atoms with E-state index in [1.54, 1.807) is 0 Å². The second-order valence-corrected chi connectivity index (χ2v) is 5.76. The van der Waals surface area contributed by atoms with Crippen LogP contribution < -0.4 is 11.1 Å². The third-order valence-corrected chi connectivity index (χ3v) is 4.10. The van der Waals surface area contributed by atoms with Crippen molar-refractivity contribution < 1.29 is 5.21 Å². The molecule has 0 bridgehead atoms. The van der Waals surface area contributed by atoms with E-state index in [1.807, 2.05) is 0 Å². The van der Waals surface area contributed by atoms with Gasteiger partial charge < -0.3 is 16.3 Å². The molecule has 2 rings (SSSR count). The van der Waals surface area contributed by atoms with Crippen LogP contribution in [-0.2, 0) is 0 Å². The van der Waals surface area contributed by atoms with E-state index < -0.39 is 0 Å². The number of hydrogen-bond donors (Lipinski definition) is 3. The molecule has 0 aromatic rings. The van der Waals surface area contributed by atoms with Gasteiger partial charge in [-0.25, -0.2) is 0 Å². The molecule has 4 heteroatoms. The van der Waals surface area contributed by atoms with Crippen molar-refractivity contribution in [3.8, 4) is 0 Å². The monoisotopic (exact) mass is 225 g/mol. The largest absolute Gasteiger partial charge is 0.409 e. The molecule has 0 aromatic heterocycles. The van der Waals surface area contributed by atoms with Gasteiger partial charge in [0.05, 0.1) is 0 Å². The molecule has 92 valence electrons. The maximum absolute atomic E-state index is 8.58. The lowest BCUT2D eigenvalue weighted by Gasteiger charge is -2.19. The van der Waals surface area contributed by atoms with Crippen molar-refractivity contribution in [2.75, 3.05) is 6.54 Å². The molecule has 2 aliphatic carbocycles. The van der Waals surface area contributed by atoms with Crippen LogP contribution in [0.1, 0.15) is 45.4 Å². The molecule has 2 unspecified atom stereocenters. The summed E-state index contributed by atoms with van der Waals surface area (Å²) < 4.78 is 0. The molecular weight excluding hydrogens is 202 g/mol. The van der Waals surface area contributed by atoms with Gasteiger partial charge in [0.2, 0.25) is 0 Å². The Morgan fingerprint density at radius 1 is 1.50 bits per heavy atom. The summed E-state index contributed by atoms with van der Waals surface area (Å²) in [5, 5.41) is 15.3. The van der Waals surface area contributed by atoms with Crippen molar-refractivity contribution in [2.45, 2.75) is 51.5 Å². The molecule has 0 saturated heterocycles. The zero-order chi connectivity index (χ0) is 11.6. The highest BCUT2D eigenvalue weighted by atomic mass is 16.4. The lowest BCUT2D eigenvalue weighted by Crippen LogP contribution is -2.34. The smallest absolute Gasteiger partial charge is 0.139 e. The summed E-state index contributed by atoms with van der Waals surface area (Å²) in [4.78, 5) is 0. The summed E-state index contributed by atoms with van der Waals surface area (Å²) in [5.74, 6) is 1.25. The highest BCUT2D eigenvalue weighted by molar-refractivity contribution is 5.80. The maximum atomic E-state index is 8.58. The van der Waals surface area contributed by atoms with Crippen LogP contribution in [0.25, 0.3) is 0 Å². The first-order valence-corrected chi connectivity index (χ1v) is 6.33. The molecule has 2 saturated carbocycles. The molecule has 0 heterocycles. The minimum absolute atomic E-state index is 0.294. The molecule has 2 fully saturated rings. The number of amidine groups is 1. The second-order valence-electron chi connectivity index (χ2n) is 5.76. The minimum atomic E-state index is 0.294. The van der Waals surface area contributed by atoms with Crippen molar-refractivity contribution in [1.82, 2.24) is 5.32 Å². The van der Waals surface area contributed by atoms with Crippen molar-refractivity contribution >= 4 is 5.84 Å². The summed E-state index contributed by atoms with van der Waals surface area (Å²) in [5.41, 5.74) is 5.87. The predicted octanol–water partition coefficient (Wildman–Crippen LogP) is 1.68. The molecule has 4 nitrogen and oxygen atoms in total. The van der Waals surface area contributed by atoms with E-state index in [2.05, 4.69) is 17.4 Å². The van der Waals surface area contributed by atoms with Crippen LogP contribution in [0.3, 0.4) is 0 Å². The van der Waals surface area contributed by atoms with E-state index >= 15 is 0 Å². The molecule has 2 atom stereocenters. The van der Waals surface area contributed by atoms with E-state index in [-0.39, 0.29) is 0 Å². The van der Waals surface area contributed by atoms with Gasteiger partial charge in [-0.1, -0.05) is 12.1 Å². The molecule has 0 aromatic carbocycles. The van der Waals surface area contributed by atoms with E-state index in [0.717, 1.165) is 18.9 Å². The SMILES string of the molecule is CC1CCC(NCC2(CC(N)=NO)CC2)C1.